The van der Waals surface area contributed by atoms with E-state index in [1.807, 2.05) is 20.1 Å². The smallest absolute Gasteiger partial charge is 0.326 e. The second-order valence-corrected chi connectivity index (χ2v) is 13.4. The fourth-order valence-corrected chi connectivity index (χ4v) is 6.27. The summed E-state index contributed by atoms with van der Waals surface area (Å²) in [5, 5.41) is 30.4. The van der Waals surface area contributed by atoms with Crippen LogP contribution < -0.4 is 21.3 Å². The second kappa shape index (κ2) is 21.0. The number of carboxylic acids is 1. The third-order valence-corrected chi connectivity index (χ3v) is 8.85. The summed E-state index contributed by atoms with van der Waals surface area (Å²) in [5.41, 5.74) is 0.627. The largest absolute Gasteiger partial charge is 0.508 e. The zero-order valence-electron chi connectivity index (χ0n) is 26.7. The van der Waals surface area contributed by atoms with E-state index >= 15 is 0 Å². The maximum absolute atomic E-state index is 12.8. The lowest BCUT2D eigenvalue weighted by Crippen LogP contribution is -2.55. The average Bonchev–Trinajstić information content (AvgIpc) is 3.00. The molecule has 6 N–H and O–H groups in total. The van der Waals surface area contributed by atoms with Crippen LogP contribution in [0.4, 0.5) is 0 Å². The van der Waals surface area contributed by atoms with E-state index < -0.39 is 35.9 Å². The Balaban J connectivity index is 0.000000425. The van der Waals surface area contributed by atoms with Crippen LogP contribution >= 0.6 is 11.8 Å². The minimum Gasteiger partial charge on any atom is -0.508 e. The molecule has 10 nitrogen and oxygen atoms in total. The van der Waals surface area contributed by atoms with Crippen LogP contribution in [0.15, 0.2) is 24.3 Å². The van der Waals surface area contributed by atoms with Gasteiger partial charge in [-0.25, -0.2) is 4.79 Å². The van der Waals surface area contributed by atoms with Gasteiger partial charge in [-0.15, -0.1) is 0 Å². The molecule has 0 aromatic heterocycles. The molecule has 0 spiro atoms. The number of aliphatic carboxylic acids is 1. The molecule has 44 heavy (non-hydrogen) atoms. The van der Waals surface area contributed by atoms with Crippen molar-refractivity contribution >= 4 is 36.0 Å². The molecule has 3 rings (SSSR count). The lowest BCUT2D eigenvalue weighted by molar-refractivity contribution is -0.142. The van der Waals surface area contributed by atoms with E-state index in [0.29, 0.717) is 30.6 Å². The molecule has 11 heteroatoms. The number of phenols is 1. The summed E-state index contributed by atoms with van der Waals surface area (Å²) in [6.07, 6.45) is 17.6. The molecule has 1 aromatic rings. The van der Waals surface area contributed by atoms with Crippen molar-refractivity contribution < 1.29 is 29.4 Å². The molecule has 0 heterocycles. The molecule has 0 radical (unpaired) electrons. The van der Waals surface area contributed by atoms with E-state index in [1.54, 1.807) is 12.1 Å². The maximum atomic E-state index is 12.8. The van der Waals surface area contributed by atoms with Gasteiger partial charge in [0.05, 0.1) is 0 Å². The monoisotopic (exact) mass is 634 g/mol. The molecule has 3 unspecified atom stereocenters. The lowest BCUT2D eigenvalue weighted by Gasteiger charge is -2.30. The Kier molecular flexibility index (Phi) is 17.9. The minimum absolute atomic E-state index is 0.0206. The highest BCUT2D eigenvalue weighted by Gasteiger charge is 2.29. The summed E-state index contributed by atoms with van der Waals surface area (Å²) < 4.78 is 0. The van der Waals surface area contributed by atoms with Gasteiger partial charge < -0.3 is 31.5 Å². The highest BCUT2D eigenvalue weighted by atomic mass is 32.2. The molecule has 2 aliphatic rings. The zero-order chi connectivity index (χ0) is 32.3. The number of hydrogen-bond acceptors (Lipinski definition) is 7. The summed E-state index contributed by atoms with van der Waals surface area (Å²) in [7, 11) is 0. The summed E-state index contributed by atoms with van der Waals surface area (Å²) in [5.74, 6) is -1.56. The van der Waals surface area contributed by atoms with Crippen LogP contribution in [0.2, 0.25) is 0 Å². The first-order valence-corrected chi connectivity index (χ1v) is 17.6. The van der Waals surface area contributed by atoms with E-state index in [1.165, 1.54) is 88.1 Å². The van der Waals surface area contributed by atoms with Gasteiger partial charge in [0.25, 0.3) is 0 Å². The van der Waals surface area contributed by atoms with Crippen LogP contribution in [-0.2, 0) is 25.6 Å². The van der Waals surface area contributed by atoms with Crippen LogP contribution in [0.5, 0.6) is 5.75 Å². The third-order valence-electron chi connectivity index (χ3n) is 8.21. The van der Waals surface area contributed by atoms with E-state index in [2.05, 4.69) is 21.3 Å². The Morgan fingerprint density at radius 2 is 1.39 bits per heavy atom. The van der Waals surface area contributed by atoms with E-state index in [-0.39, 0.29) is 18.1 Å². The maximum Gasteiger partial charge on any atom is 0.326 e. The first-order chi connectivity index (χ1) is 21.1. The fourth-order valence-electron chi connectivity index (χ4n) is 5.80. The number of benzene rings is 1. The first kappa shape index (κ1) is 37.4. The number of thioether (sulfide) groups is 1. The van der Waals surface area contributed by atoms with E-state index in [0.717, 1.165) is 12.1 Å². The molecule has 248 valence electrons. The van der Waals surface area contributed by atoms with Gasteiger partial charge >= 0.3 is 5.97 Å². The predicted octanol–water partition coefficient (Wildman–Crippen LogP) is 4.14. The summed E-state index contributed by atoms with van der Waals surface area (Å²) >= 11 is 1.53. The number of hydrogen-bond donors (Lipinski definition) is 6. The zero-order valence-corrected chi connectivity index (χ0v) is 27.5. The molecule has 3 atom stereocenters. The summed E-state index contributed by atoms with van der Waals surface area (Å²) in [4.78, 5) is 48.0. The Morgan fingerprint density at radius 3 is 1.86 bits per heavy atom. The van der Waals surface area contributed by atoms with Crippen molar-refractivity contribution in [2.24, 2.45) is 5.92 Å². The molecule has 2 saturated carbocycles. The van der Waals surface area contributed by atoms with Crippen LogP contribution in [0.25, 0.3) is 0 Å². The van der Waals surface area contributed by atoms with Crippen LogP contribution in [0.1, 0.15) is 96.5 Å². The lowest BCUT2D eigenvalue weighted by atomic mass is 9.91. The molecule has 2 aliphatic carbocycles. The van der Waals surface area contributed by atoms with Gasteiger partial charge in [-0.2, -0.15) is 11.8 Å². The predicted molar refractivity (Wildman–Crippen MR) is 176 cm³/mol. The van der Waals surface area contributed by atoms with Gasteiger partial charge in [0, 0.05) is 18.5 Å². The average molecular weight is 635 g/mol. The van der Waals surface area contributed by atoms with Crippen molar-refractivity contribution in [1.82, 2.24) is 21.3 Å². The molecule has 0 bridgehead atoms. The van der Waals surface area contributed by atoms with Gasteiger partial charge in [-0.05, 0) is 74.1 Å². The van der Waals surface area contributed by atoms with Crippen LogP contribution in [-0.4, -0.2) is 76.6 Å². The number of amides is 3. The van der Waals surface area contributed by atoms with E-state index in [4.69, 9.17) is 0 Å². The number of phenolic OH excluding ortho intramolecular Hbond substituents is 1. The number of carboxylic acid groups (broad SMARTS) is 1. The van der Waals surface area contributed by atoms with Crippen molar-refractivity contribution in [3.05, 3.63) is 29.8 Å². The third kappa shape index (κ3) is 14.8. The van der Waals surface area contributed by atoms with Gasteiger partial charge in [-0.1, -0.05) is 64.5 Å². The van der Waals surface area contributed by atoms with Crippen molar-refractivity contribution in [1.29, 1.82) is 0 Å². The van der Waals surface area contributed by atoms with Crippen molar-refractivity contribution in [3.8, 4) is 5.75 Å². The number of carbonyl (C=O) groups excluding carboxylic acids is 3. The Morgan fingerprint density at radius 1 is 0.864 bits per heavy atom. The number of rotatable bonds is 16. The highest BCUT2D eigenvalue weighted by Crippen LogP contribution is 2.22. The van der Waals surface area contributed by atoms with Gasteiger partial charge in [0.2, 0.25) is 18.2 Å². The number of aromatic hydroxyl groups is 1. The van der Waals surface area contributed by atoms with Crippen LogP contribution in [0.3, 0.4) is 0 Å². The molecular formula is C33H54N4O6S. The van der Waals surface area contributed by atoms with Gasteiger partial charge in [0.15, 0.2) is 0 Å². The molecule has 3 amide bonds. The minimum atomic E-state index is -1.21. The van der Waals surface area contributed by atoms with Gasteiger partial charge in [-0.3, -0.25) is 14.4 Å². The quantitative estimate of drug-likeness (QED) is 0.148. The molecule has 1 aromatic carbocycles. The Hall–Kier alpha value is -2.79. The summed E-state index contributed by atoms with van der Waals surface area (Å²) in [6, 6.07) is 4.84. The summed E-state index contributed by atoms with van der Waals surface area (Å²) in [6.45, 7) is 3.76. The Bertz CT molecular complexity index is 980. The van der Waals surface area contributed by atoms with Crippen LogP contribution in [0, 0.1) is 5.92 Å². The molecule has 0 saturated heterocycles. The second-order valence-electron chi connectivity index (χ2n) is 12.4. The topological polar surface area (TPSA) is 157 Å². The fraction of sp³-hybridized carbons (Fsp3) is 0.697. The van der Waals surface area contributed by atoms with E-state index in [9.17, 15) is 29.4 Å². The number of carbonyl (C=O) groups is 4. The molecular weight excluding hydrogens is 580 g/mol. The van der Waals surface area contributed by atoms with Crippen molar-refractivity contribution in [3.63, 3.8) is 0 Å². The van der Waals surface area contributed by atoms with Gasteiger partial charge in [0.1, 0.15) is 23.9 Å². The first-order valence-electron chi connectivity index (χ1n) is 16.2. The standard InChI is InChI=1S/C21H31N3O6S.C12H23N/c1-13(2)10-17(23-19(27)16(22-12-25)8-9-31-3)20(28)24-18(21(29)30)11-14-4-6-15(26)7-5-14;1-3-7-11(8-4-1)13-12-9-5-2-6-10-12/h4-7,12-13,16-18,26H,8-11H2,1-3H3,(H,22,25)(H,23,27)(H,24,28)(H,29,30);11-13H,1-10H2. The highest BCUT2D eigenvalue weighted by molar-refractivity contribution is 7.98. The van der Waals surface area contributed by atoms with Crippen molar-refractivity contribution in [2.75, 3.05) is 12.0 Å². The van der Waals surface area contributed by atoms with Crippen molar-refractivity contribution in [2.45, 2.75) is 128 Å². The number of nitrogens with one attached hydrogen (secondary N) is 4. The SMILES string of the molecule is C1CCC(NC2CCCCC2)CC1.CSCCC(NC=O)C(=O)NC(CC(C)C)C(=O)NC(Cc1ccc(O)cc1)C(=O)O. The molecule has 2 fully saturated rings. The normalized spacial score (nSPS) is 17.8. The molecule has 0 aliphatic heterocycles. The Labute approximate surface area is 267 Å².